The van der Waals surface area contributed by atoms with Crippen molar-refractivity contribution < 1.29 is 4.74 Å². The Morgan fingerprint density at radius 2 is 1.83 bits per heavy atom. The highest BCUT2D eigenvalue weighted by Gasteiger charge is 2.27. The van der Waals surface area contributed by atoms with Gasteiger partial charge in [-0.05, 0) is 38.1 Å². The summed E-state index contributed by atoms with van der Waals surface area (Å²) in [7, 11) is 1.92. The lowest BCUT2D eigenvalue weighted by Gasteiger charge is -2.34. The summed E-state index contributed by atoms with van der Waals surface area (Å²) in [5, 5.41) is 4.57. The first-order valence-corrected chi connectivity index (χ1v) is 12.3. The maximum absolute atomic E-state index is 5.72. The lowest BCUT2D eigenvalue weighted by molar-refractivity contribution is 0.0987. The Hall–Kier alpha value is -4.11. The number of hydrogen-bond donors (Lipinski definition) is 0. The molecule has 0 aliphatic carbocycles. The Morgan fingerprint density at radius 1 is 1.00 bits per heavy atom. The van der Waals surface area contributed by atoms with Crippen LogP contribution in [0.4, 0.5) is 5.82 Å². The van der Waals surface area contributed by atoms with Crippen LogP contribution in [0, 0.1) is 0 Å². The average molecular weight is 481 g/mol. The van der Waals surface area contributed by atoms with Crippen molar-refractivity contribution in [3.05, 3.63) is 61.1 Å². The molecule has 1 saturated heterocycles. The summed E-state index contributed by atoms with van der Waals surface area (Å²) in [6, 6.07) is 14.4. The first-order chi connectivity index (χ1) is 17.6. The standard InChI is InChI=1S/C27H28N8O/c1-4-34-25(19-8-11-28-12-9-19)29-23-26(34)30-24(31-27(23)35-14-15-36-17-18(35)2)21-7-5-6-20(16-21)22-10-13-33(3)32-22/h5-13,16,18H,4,14-15,17H2,1-3H3. The highest BCUT2D eigenvalue weighted by molar-refractivity contribution is 5.89. The fourth-order valence-corrected chi connectivity index (χ4v) is 4.76. The van der Waals surface area contributed by atoms with Crippen LogP contribution in [0.2, 0.25) is 0 Å². The van der Waals surface area contributed by atoms with E-state index in [0.717, 1.165) is 58.3 Å². The molecule has 5 aromatic rings. The first-order valence-electron chi connectivity index (χ1n) is 12.3. The highest BCUT2D eigenvalue weighted by atomic mass is 16.5. The lowest BCUT2D eigenvalue weighted by atomic mass is 10.1. The van der Waals surface area contributed by atoms with Gasteiger partial charge in [0, 0.05) is 55.4 Å². The topological polar surface area (TPSA) is 86.8 Å². The second-order valence-corrected chi connectivity index (χ2v) is 9.03. The average Bonchev–Trinajstić information content (AvgIpc) is 3.52. The molecule has 36 heavy (non-hydrogen) atoms. The third-order valence-electron chi connectivity index (χ3n) is 6.60. The van der Waals surface area contributed by atoms with E-state index in [9.17, 15) is 0 Å². The smallest absolute Gasteiger partial charge is 0.166 e. The predicted octanol–water partition coefficient (Wildman–Crippen LogP) is 4.20. The van der Waals surface area contributed by atoms with Gasteiger partial charge in [-0.15, -0.1) is 0 Å². The molecule has 0 N–H and O–H groups in total. The van der Waals surface area contributed by atoms with Gasteiger partial charge in [-0.3, -0.25) is 9.67 Å². The second-order valence-electron chi connectivity index (χ2n) is 9.03. The summed E-state index contributed by atoms with van der Waals surface area (Å²) in [4.78, 5) is 21.7. The largest absolute Gasteiger partial charge is 0.377 e. The van der Waals surface area contributed by atoms with Crippen molar-refractivity contribution in [2.75, 3.05) is 24.7 Å². The number of morpholine rings is 1. The number of rotatable bonds is 5. The van der Waals surface area contributed by atoms with Gasteiger partial charge in [-0.25, -0.2) is 15.0 Å². The van der Waals surface area contributed by atoms with Gasteiger partial charge in [0.15, 0.2) is 22.8 Å². The Labute approximate surface area is 209 Å². The zero-order valence-corrected chi connectivity index (χ0v) is 20.7. The molecule has 9 heteroatoms. The van der Waals surface area contributed by atoms with Gasteiger partial charge in [0.1, 0.15) is 5.82 Å². The fraction of sp³-hybridized carbons (Fsp3) is 0.296. The second kappa shape index (κ2) is 9.16. The van der Waals surface area contributed by atoms with E-state index in [1.165, 1.54) is 0 Å². The van der Waals surface area contributed by atoms with Gasteiger partial charge < -0.3 is 14.2 Å². The zero-order valence-electron chi connectivity index (χ0n) is 20.7. The van der Waals surface area contributed by atoms with E-state index in [4.69, 9.17) is 19.7 Å². The molecule has 9 nitrogen and oxygen atoms in total. The van der Waals surface area contributed by atoms with Crippen LogP contribution >= 0.6 is 0 Å². The summed E-state index contributed by atoms with van der Waals surface area (Å²) >= 11 is 0. The SMILES string of the molecule is CCn1c(-c2ccncc2)nc2c(N3CCOCC3C)nc(-c3cccc(-c4ccn(C)n4)c3)nc21. The van der Waals surface area contributed by atoms with Crippen LogP contribution in [-0.2, 0) is 18.3 Å². The van der Waals surface area contributed by atoms with E-state index < -0.39 is 0 Å². The molecule has 1 atom stereocenters. The van der Waals surface area contributed by atoms with Gasteiger partial charge in [0.25, 0.3) is 0 Å². The molecule has 182 valence electrons. The number of fused-ring (bicyclic) bond motifs is 1. The van der Waals surface area contributed by atoms with Gasteiger partial charge in [0.05, 0.1) is 24.9 Å². The van der Waals surface area contributed by atoms with Crippen LogP contribution in [0.5, 0.6) is 0 Å². The Morgan fingerprint density at radius 3 is 2.58 bits per heavy atom. The first kappa shape index (κ1) is 22.4. The van der Waals surface area contributed by atoms with Crippen molar-refractivity contribution in [1.82, 2.24) is 34.3 Å². The van der Waals surface area contributed by atoms with E-state index in [1.54, 1.807) is 12.4 Å². The summed E-state index contributed by atoms with van der Waals surface area (Å²) in [6.45, 7) is 7.08. The van der Waals surface area contributed by atoms with Crippen molar-refractivity contribution in [3.63, 3.8) is 0 Å². The van der Waals surface area contributed by atoms with Crippen LogP contribution in [0.15, 0.2) is 61.1 Å². The van der Waals surface area contributed by atoms with Crippen molar-refractivity contribution in [2.24, 2.45) is 7.05 Å². The molecule has 1 aliphatic rings. The highest BCUT2D eigenvalue weighted by Crippen LogP contribution is 2.33. The number of benzene rings is 1. The molecule has 1 aliphatic heterocycles. The number of aryl methyl sites for hydroxylation is 2. The minimum Gasteiger partial charge on any atom is -0.377 e. The van der Waals surface area contributed by atoms with E-state index in [1.807, 2.05) is 42.2 Å². The molecule has 0 amide bonds. The molecule has 1 unspecified atom stereocenters. The maximum atomic E-state index is 5.72. The number of hydrogen-bond acceptors (Lipinski definition) is 7. The van der Waals surface area contributed by atoms with Crippen LogP contribution < -0.4 is 4.90 Å². The van der Waals surface area contributed by atoms with Gasteiger partial charge >= 0.3 is 0 Å². The summed E-state index contributed by atoms with van der Waals surface area (Å²) in [5.74, 6) is 2.38. The Balaban J connectivity index is 1.57. The van der Waals surface area contributed by atoms with E-state index in [2.05, 4.69) is 51.6 Å². The molecule has 1 fully saturated rings. The number of nitrogens with zero attached hydrogens (tertiary/aromatic N) is 8. The van der Waals surface area contributed by atoms with Gasteiger partial charge in [-0.2, -0.15) is 5.10 Å². The molecular formula is C27H28N8O. The van der Waals surface area contributed by atoms with E-state index >= 15 is 0 Å². The van der Waals surface area contributed by atoms with Gasteiger partial charge in [-0.1, -0.05) is 18.2 Å². The van der Waals surface area contributed by atoms with Crippen LogP contribution in [0.25, 0.3) is 45.2 Å². The molecule has 1 aromatic carbocycles. The number of anilines is 1. The van der Waals surface area contributed by atoms with E-state index in [0.29, 0.717) is 19.0 Å². The predicted molar refractivity (Wildman–Crippen MR) is 139 cm³/mol. The lowest BCUT2D eigenvalue weighted by Crippen LogP contribution is -2.44. The molecule has 0 saturated carbocycles. The number of ether oxygens (including phenoxy) is 1. The number of aromatic nitrogens is 7. The number of imidazole rings is 1. The monoisotopic (exact) mass is 480 g/mol. The summed E-state index contributed by atoms with van der Waals surface area (Å²) < 4.78 is 9.69. The molecular weight excluding hydrogens is 452 g/mol. The zero-order chi connectivity index (χ0) is 24.6. The third-order valence-corrected chi connectivity index (χ3v) is 6.60. The van der Waals surface area contributed by atoms with Gasteiger partial charge in [0.2, 0.25) is 0 Å². The summed E-state index contributed by atoms with van der Waals surface area (Å²) in [5.41, 5.74) is 5.52. The molecule has 0 radical (unpaired) electrons. The minimum absolute atomic E-state index is 0.181. The van der Waals surface area contributed by atoms with Crippen LogP contribution in [-0.4, -0.2) is 60.1 Å². The molecule has 5 heterocycles. The Kier molecular flexibility index (Phi) is 5.69. The van der Waals surface area contributed by atoms with Crippen LogP contribution in [0.3, 0.4) is 0 Å². The third kappa shape index (κ3) is 3.91. The van der Waals surface area contributed by atoms with Crippen molar-refractivity contribution in [2.45, 2.75) is 26.4 Å². The quantitative estimate of drug-likeness (QED) is 0.373. The summed E-state index contributed by atoms with van der Waals surface area (Å²) in [6.07, 6.45) is 5.53. The molecule has 0 spiro atoms. The molecule has 0 bridgehead atoms. The Bertz CT molecular complexity index is 1520. The normalized spacial score (nSPS) is 16.1. The number of pyridine rings is 1. The molecule has 6 rings (SSSR count). The van der Waals surface area contributed by atoms with E-state index in [-0.39, 0.29) is 6.04 Å². The minimum atomic E-state index is 0.181. The van der Waals surface area contributed by atoms with Crippen LogP contribution in [0.1, 0.15) is 13.8 Å². The van der Waals surface area contributed by atoms with Crippen molar-refractivity contribution >= 4 is 17.0 Å². The van der Waals surface area contributed by atoms with Crippen molar-refractivity contribution in [1.29, 1.82) is 0 Å². The maximum Gasteiger partial charge on any atom is 0.166 e. The molecule has 4 aromatic heterocycles. The van der Waals surface area contributed by atoms with Crippen molar-refractivity contribution in [3.8, 4) is 34.0 Å². The fourth-order valence-electron chi connectivity index (χ4n) is 4.76.